The summed E-state index contributed by atoms with van der Waals surface area (Å²) in [6.45, 7) is 8.62. The monoisotopic (exact) mass is 277 g/mol. The first-order valence-corrected chi connectivity index (χ1v) is 7.33. The number of nitrogens with one attached hydrogen (secondary N) is 2. The maximum absolute atomic E-state index is 5.45. The van der Waals surface area contributed by atoms with Gasteiger partial charge in [0.25, 0.3) is 0 Å². The van der Waals surface area contributed by atoms with Gasteiger partial charge in [0.2, 0.25) is 0 Å². The average Bonchev–Trinajstić information content (AvgIpc) is 2.66. The van der Waals surface area contributed by atoms with E-state index in [0.717, 1.165) is 17.2 Å². The summed E-state index contributed by atoms with van der Waals surface area (Å²) in [5, 5.41) is 6.13. The number of thiocarbonyl (C=S) groups is 1. The fourth-order valence-corrected chi connectivity index (χ4v) is 2.69. The summed E-state index contributed by atoms with van der Waals surface area (Å²) in [7, 11) is 0. The molecule has 0 spiro atoms. The van der Waals surface area contributed by atoms with E-state index in [2.05, 4.69) is 56.6 Å². The van der Waals surface area contributed by atoms with Crippen molar-refractivity contribution < 1.29 is 0 Å². The lowest BCUT2D eigenvalue weighted by atomic mass is 10.1. The molecule has 4 heteroatoms. The van der Waals surface area contributed by atoms with Crippen LogP contribution in [-0.2, 0) is 0 Å². The van der Waals surface area contributed by atoms with Gasteiger partial charge in [-0.1, -0.05) is 19.4 Å². The molecule has 0 saturated carbocycles. The zero-order valence-corrected chi connectivity index (χ0v) is 13.0. The third kappa shape index (κ3) is 3.07. The summed E-state index contributed by atoms with van der Waals surface area (Å²) in [6, 6.07) is 6.41. The van der Waals surface area contributed by atoms with E-state index < -0.39 is 0 Å². The predicted octanol–water partition coefficient (Wildman–Crippen LogP) is 3.41. The van der Waals surface area contributed by atoms with Crippen LogP contribution in [-0.4, -0.2) is 10.8 Å². The van der Waals surface area contributed by atoms with Gasteiger partial charge in [0, 0.05) is 0 Å². The predicted molar refractivity (Wildman–Crippen MR) is 85.2 cm³/mol. The van der Waals surface area contributed by atoms with Crippen molar-refractivity contribution in [2.75, 3.05) is 5.01 Å². The number of hydrogen-bond acceptors (Lipinski definition) is 2. The van der Waals surface area contributed by atoms with Crippen molar-refractivity contribution >= 4 is 23.0 Å². The molecule has 0 aromatic heterocycles. The summed E-state index contributed by atoms with van der Waals surface area (Å²) in [5.74, 6) is 0. The van der Waals surface area contributed by atoms with E-state index in [4.69, 9.17) is 12.2 Å². The highest BCUT2D eigenvalue weighted by Crippen LogP contribution is 2.24. The van der Waals surface area contributed by atoms with Crippen molar-refractivity contribution in [1.29, 1.82) is 0 Å². The first-order valence-electron chi connectivity index (χ1n) is 6.92. The highest BCUT2D eigenvalue weighted by molar-refractivity contribution is 7.80. The van der Waals surface area contributed by atoms with Gasteiger partial charge in [0.05, 0.1) is 5.69 Å². The van der Waals surface area contributed by atoms with E-state index in [1.165, 1.54) is 24.0 Å². The van der Waals surface area contributed by atoms with Crippen LogP contribution in [0.1, 0.15) is 44.2 Å². The maximum Gasteiger partial charge on any atom is 0.189 e. The van der Waals surface area contributed by atoms with Crippen LogP contribution in [0.15, 0.2) is 18.2 Å². The lowest BCUT2D eigenvalue weighted by Gasteiger charge is -2.25. The van der Waals surface area contributed by atoms with Crippen LogP contribution in [0.4, 0.5) is 5.69 Å². The van der Waals surface area contributed by atoms with E-state index >= 15 is 0 Å². The summed E-state index contributed by atoms with van der Waals surface area (Å²) in [5.41, 5.74) is 7.04. The number of nitrogens with zero attached hydrogens (tertiary/aromatic N) is 1. The molecule has 1 aromatic carbocycles. The second kappa shape index (κ2) is 5.47. The molecule has 0 unspecified atom stereocenters. The van der Waals surface area contributed by atoms with Gasteiger partial charge in [-0.15, -0.1) is 0 Å². The quantitative estimate of drug-likeness (QED) is 0.825. The molecule has 0 aliphatic carbocycles. The summed E-state index contributed by atoms with van der Waals surface area (Å²) in [4.78, 5) is 0. The minimum absolute atomic E-state index is 0.133. The molecule has 0 amide bonds. The second-order valence-corrected chi connectivity index (χ2v) is 5.97. The maximum atomic E-state index is 5.45. The molecule has 1 aromatic rings. The third-order valence-corrected chi connectivity index (χ3v) is 4.01. The molecule has 3 nitrogen and oxygen atoms in total. The van der Waals surface area contributed by atoms with Gasteiger partial charge in [0.15, 0.2) is 5.11 Å². The Morgan fingerprint density at radius 2 is 2.00 bits per heavy atom. The van der Waals surface area contributed by atoms with E-state index in [1.807, 2.05) is 5.01 Å². The van der Waals surface area contributed by atoms with E-state index in [0.29, 0.717) is 0 Å². The zero-order chi connectivity index (χ0) is 14.0. The number of rotatable bonds is 4. The van der Waals surface area contributed by atoms with E-state index in [9.17, 15) is 0 Å². The molecule has 0 radical (unpaired) electrons. The highest BCUT2D eigenvalue weighted by atomic mass is 32.1. The summed E-state index contributed by atoms with van der Waals surface area (Å²) in [6.07, 6.45) is 3.43. The Morgan fingerprint density at radius 1 is 1.26 bits per heavy atom. The zero-order valence-electron chi connectivity index (χ0n) is 12.2. The van der Waals surface area contributed by atoms with Gasteiger partial charge in [-0.25, -0.2) is 5.43 Å². The van der Waals surface area contributed by atoms with Crippen LogP contribution >= 0.6 is 12.2 Å². The third-order valence-electron chi connectivity index (χ3n) is 3.72. The van der Waals surface area contributed by atoms with Crippen LogP contribution < -0.4 is 15.8 Å². The SMILES string of the molecule is CCCC[C@]1(C)NC(=S)N(c2ccc(C)c(C)c2)N1. The van der Waals surface area contributed by atoms with Crippen molar-refractivity contribution in [3.8, 4) is 0 Å². The molecule has 0 bridgehead atoms. The molecule has 104 valence electrons. The van der Waals surface area contributed by atoms with Gasteiger partial charge in [-0.3, -0.25) is 5.01 Å². The van der Waals surface area contributed by atoms with Gasteiger partial charge >= 0.3 is 0 Å². The molecule has 19 heavy (non-hydrogen) atoms. The number of benzene rings is 1. The number of anilines is 1. The van der Waals surface area contributed by atoms with Crippen LogP contribution in [0, 0.1) is 13.8 Å². The fourth-order valence-electron chi connectivity index (χ4n) is 2.31. The van der Waals surface area contributed by atoms with Crippen molar-refractivity contribution in [1.82, 2.24) is 10.7 Å². The lowest BCUT2D eigenvalue weighted by Crippen LogP contribution is -2.48. The molecule has 1 fully saturated rings. The Bertz CT molecular complexity index is 486. The topological polar surface area (TPSA) is 27.3 Å². The smallest absolute Gasteiger partial charge is 0.189 e. The van der Waals surface area contributed by atoms with Gasteiger partial charge in [0.1, 0.15) is 5.66 Å². The van der Waals surface area contributed by atoms with Crippen LogP contribution in [0.2, 0.25) is 0 Å². The number of hydrogen-bond donors (Lipinski definition) is 2. The average molecular weight is 277 g/mol. The van der Waals surface area contributed by atoms with Crippen molar-refractivity contribution in [2.24, 2.45) is 0 Å². The molecule has 2 rings (SSSR count). The summed E-state index contributed by atoms with van der Waals surface area (Å²) >= 11 is 5.45. The highest BCUT2D eigenvalue weighted by Gasteiger charge is 2.35. The van der Waals surface area contributed by atoms with Gasteiger partial charge < -0.3 is 5.32 Å². The van der Waals surface area contributed by atoms with Gasteiger partial charge in [-0.2, -0.15) is 0 Å². The van der Waals surface area contributed by atoms with Crippen molar-refractivity contribution in [3.63, 3.8) is 0 Å². The normalized spacial score (nSPS) is 22.7. The van der Waals surface area contributed by atoms with Crippen LogP contribution in [0.3, 0.4) is 0 Å². The number of aryl methyl sites for hydroxylation is 2. The molecular formula is C15H23N3S. The first-order chi connectivity index (χ1) is 8.95. The number of hydrazine groups is 1. The van der Waals surface area contributed by atoms with Crippen LogP contribution in [0.5, 0.6) is 0 Å². The molecule has 1 aliphatic heterocycles. The number of unbranched alkanes of at least 4 members (excludes halogenated alkanes) is 1. The van der Waals surface area contributed by atoms with Crippen molar-refractivity contribution in [2.45, 2.75) is 52.6 Å². The molecule has 1 atom stereocenters. The largest absolute Gasteiger partial charge is 0.342 e. The van der Waals surface area contributed by atoms with Gasteiger partial charge in [-0.05, 0) is 69.1 Å². The van der Waals surface area contributed by atoms with Crippen LogP contribution in [0.25, 0.3) is 0 Å². The Morgan fingerprint density at radius 3 is 2.63 bits per heavy atom. The van der Waals surface area contributed by atoms with Crippen molar-refractivity contribution in [3.05, 3.63) is 29.3 Å². The fraction of sp³-hybridized carbons (Fsp3) is 0.533. The Hall–Kier alpha value is -1.13. The first kappa shape index (κ1) is 14.3. The molecule has 1 saturated heterocycles. The Labute approximate surface area is 121 Å². The van der Waals surface area contributed by atoms with E-state index in [1.54, 1.807) is 0 Å². The molecular weight excluding hydrogens is 254 g/mol. The minimum atomic E-state index is -0.133. The lowest BCUT2D eigenvalue weighted by molar-refractivity contribution is 0.337. The standard InChI is InChI=1S/C15H23N3S/c1-5-6-9-15(4)16-14(19)18(17-15)13-8-7-11(2)12(3)10-13/h7-8,10,17H,5-6,9H2,1-4H3,(H,16,19)/t15-/m1/s1. The Kier molecular flexibility index (Phi) is 4.11. The van der Waals surface area contributed by atoms with E-state index in [-0.39, 0.29) is 5.66 Å². The second-order valence-electron chi connectivity index (χ2n) is 5.58. The molecule has 1 heterocycles. The molecule has 1 aliphatic rings. The molecule has 2 N–H and O–H groups in total. The summed E-state index contributed by atoms with van der Waals surface area (Å²) < 4.78 is 0. The minimum Gasteiger partial charge on any atom is -0.342 e. The Balaban J connectivity index is 2.17.